The van der Waals surface area contributed by atoms with E-state index >= 15 is 0 Å². The smallest absolute Gasteiger partial charge is 0.0994 e. The first-order valence-corrected chi connectivity index (χ1v) is 6.77. The summed E-state index contributed by atoms with van der Waals surface area (Å²) in [5.74, 6) is 0. The third-order valence-corrected chi connectivity index (χ3v) is 4.40. The van der Waals surface area contributed by atoms with E-state index in [2.05, 4.69) is 35.7 Å². The van der Waals surface area contributed by atoms with Crippen LogP contribution in [-0.2, 0) is 5.41 Å². The van der Waals surface area contributed by atoms with Gasteiger partial charge in [-0.2, -0.15) is 5.26 Å². The molecule has 1 aromatic carbocycles. The first-order valence-electron chi connectivity index (χ1n) is 6.77. The molecule has 1 saturated heterocycles. The Morgan fingerprint density at radius 2 is 2.06 bits per heavy atom. The van der Waals surface area contributed by atoms with Crippen molar-refractivity contribution in [3.63, 3.8) is 0 Å². The molecule has 92 valence electrons. The van der Waals surface area contributed by atoms with Crippen molar-refractivity contribution < 1.29 is 0 Å². The number of allylic oxidation sites excluding steroid dienone is 2. The largest absolute Gasteiger partial charge is 0.317 e. The van der Waals surface area contributed by atoms with Crippen molar-refractivity contribution in [1.82, 2.24) is 5.32 Å². The fraction of sp³-hybridized carbons (Fsp3) is 0.438. The fourth-order valence-electron chi connectivity index (χ4n) is 3.41. The van der Waals surface area contributed by atoms with Crippen LogP contribution in [-0.4, -0.2) is 13.1 Å². The Hall–Kier alpha value is -1.59. The van der Waals surface area contributed by atoms with Gasteiger partial charge in [-0.3, -0.25) is 0 Å². The molecule has 1 aromatic rings. The lowest BCUT2D eigenvalue weighted by molar-refractivity contribution is 0.380. The zero-order chi connectivity index (χ0) is 12.4. The quantitative estimate of drug-likeness (QED) is 0.754. The van der Waals surface area contributed by atoms with E-state index in [4.69, 9.17) is 0 Å². The highest BCUT2D eigenvalue weighted by Crippen LogP contribution is 2.44. The molecule has 3 rings (SSSR count). The Bertz CT molecular complexity index is 514. The van der Waals surface area contributed by atoms with E-state index < -0.39 is 0 Å². The molecule has 1 heterocycles. The SMILES string of the molecule is N#CC1=CCC2(CCCNCC2)c2ccccc21. The lowest BCUT2D eigenvalue weighted by atomic mass is 9.67. The van der Waals surface area contributed by atoms with E-state index in [9.17, 15) is 5.26 Å². The second-order valence-corrected chi connectivity index (χ2v) is 5.36. The minimum absolute atomic E-state index is 0.264. The van der Waals surface area contributed by atoms with Gasteiger partial charge in [0.2, 0.25) is 0 Å². The summed E-state index contributed by atoms with van der Waals surface area (Å²) in [4.78, 5) is 0. The monoisotopic (exact) mass is 238 g/mol. The lowest BCUT2D eigenvalue weighted by Crippen LogP contribution is -2.30. The molecular weight excluding hydrogens is 220 g/mol. The third kappa shape index (κ3) is 1.76. The van der Waals surface area contributed by atoms with Gasteiger partial charge in [-0.25, -0.2) is 0 Å². The molecule has 2 aliphatic rings. The van der Waals surface area contributed by atoms with E-state index in [1.165, 1.54) is 24.8 Å². The van der Waals surface area contributed by atoms with Crippen molar-refractivity contribution in [1.29, 1.82) is 5.26 Å². The van der Waals surface area contributed by atoms with Gasteiger partial charge in [-0.15, -0.1) is 0 Å². The average molecular weight is 238 g/mol. The number of fused-ring (bicyclic) bond motifs is 2. The summed E-state index contributed by atoms with van der Waals surface area (Å²) in [5.41, 5.74) is 3.68. The Kier molecular flexibility index (Phi) is 2.93. The van der Waals surface area contributed by atoms with Crippen molar-refractivity contribution in [3.8, 4) is 6.07 Å². The summed E-state index contributed by atoms with van der Waals surface area (Å²) in [6, 6.07) is 10.8. The molecule has 2 heteroatoms. The number of hydrogen-bond acceptors (Lipinski definition) is 2. The summed E-state index contributed by atoms with van der Waals surface area (Å²) in [6.07, 6.45) is 6.80. The summed E-state index contributed by atoms with van der Waals surface area (Å²) < 4.78 is 0. The molecule has 18 heavy (non-hydrogen) atoms. The zero-order valence-corrected chi connectivity index (χ0v) is 10.6. The lowest BCUT2D eigenvalue weighted by Gasteiger charge is -2.37. The first kappa shape index (κ1) is 11.5. The number of nitrogens with zero attached hydrogens (tertiary/aromatic N) is 1. The summed E-state index contributed by atoms with van der Waals surface area (Å²) in [5, 5.41) is 12.7. The molecule has 0 bridgehead atoms. The maximum absolute atomic E-state index is 9.25. The first-order chi connectivity index (χ1) is 8.86. The van der Waals surface area contributed by atoms with Crippen LogP contribution in [0.5, 0.6) is 0 Å². The number of nitriles is 1. The summed E-state index contributed by atoms with van der Waals surface area (Å²) >= 11 is 0. The van der Waals surface area contributed by atoms with Crippen LogP contribution in [0.15, 0.2) is 30.3 Å². The topological polar surface area (TPSA) is 35.8 Å². The zero-order valence-electron chi connectivity index (χ0n) is 10.6. The molecule has 0 aromatic heterocycles. The number of rotatable bonds is 0. The van der Waals surface area contributed by atoms with Crippen LogP contribution >= 0.6 is 0 Å². The van der Waals surface area contributed by atoms with Gasteiger partial charge in [-0.1, -0.05) is 30.3 Å². The van der Waals surface area contributed by atoms with Crippen LogP contribution in [0.25, 0.3) is 5.57 Å². The minimum atomic E-state index is 0.264. The van der Waals surface area contributed by atoms with E-state index in [1.807, 2.05) is 6.07 Å². The van der Waals surface area contributed by atoms with Crippen molar-refractivity contribution in [3.05, 3.63) is 41.5 Å². The molecule has 0 radical (unpaired) electrons. The predicted molar refractivity (Wildman–Crippen MR) is 73.0 cm³/mol. The van der Waals surface area contributed by atoms with Crippen LogP contribution in [0.2, 0.25) is 0 Å². The van der Waals surface area contributed by atoms with Gasteiger partial charge >= 0.3 is 0 Å². The van der Waals surface area contributed by atoms with Crippen molar-refractivity contribution in [2.24, 2.45) is 0 Å². The molecule has 1 N–H and O–H groups in total. The Morgan fingerprint density at radius 3 is 2.94 bits per heavy atom. The second-order valence-electron chi connectivity index (χ2n) is 5.36. The van der Waals surface area contributed by atoms with Gasteiger partial charge < -0.3 is 5.32 Å². The van der Waals surface area contributed by atoms with E-state index in [-0.39, 0.29) is 5.41 Å². The maximum atomic E-state index is 9.25. The minimum Gasteiger partial charge on any atom is -0.317 e. The number of nitrogens with one attached hydrogen (secondary N) is 1. The summed E-state index contributed by atoms with van der Waals surface area (Å²) in [6.45, 7) is 2.21. The molecule has 0 saturated carbocycles. The average Bonchev–Trinajstić information content (AvgIpc) is 2.66. The van der Waals surface area contributed by atoms with Gasteiger partial charge in [0.25, 0.3) is 0 Å². The molecule has 1 aliphatic carbocycles. The highest BCUT2D eigenvalue weighted by molar-refractivity contribution is 5.81. The van der Waals surface area contributed by atoms with Gasteiger partial charge in [0.05, 0.1) is 11.6 Å². The normalized spacial score (nSPS) is 26.9. The highest BCUT2D eigenvalue weighted by Gasteiger charge is 2.36. The summed E-state index contributed by atoms with van der Waals surface area (Å²) in [7, 11) is 0. The molecule has 2 nitrogen and oxygen atoms in total. The van der Waals surface area contributed by atoms with E-state index in [0.29, 0.717) is 0 Å². The fourth-order valence-corrected chi connectivity index (χ4v) is 3.41. The molecular formula is C16H18N2. The van der Waals surface area contributed by atoms with Gasteiger partial charge in [-0.05, 0) is 49.9 Å². The molecule has 1 atom stereocenters. The van der Waals surface area contributed by atoms with Crippen molar-refractivity contribution in [2.45, 2.75) is 31.1 Å². The second kappa shape index (κ2) is 4.59. The van der Waals surface area contributed by atoms with E-state index in [1.54, 1.807) is 0 Å². The van der Waals surface area contributed by atoms with Crippen LogP contribution < -0.4 is 5.32 Å². The standard InChI is InChI=1S/C16H18N2/c17-12-13-6-8-16(7-3-10-18-11-9-16)15-5-2-1-4-14(13)15/h1-2,4-6,18H,3,7-11H2. The Morgan fingerprint density at radius 1 is 1.17 bits per heavy atom. The Labute approximate surface area is 108 Å². The van der Waals surface area contributed by atoms with Gasteiger partial charge in [0, 0.05) is 5.41 Å². The predicted octanol–water partition coefficient (Wildman–Crippen LogP) is 3.01. The van der Waals surface area contributed by atoms with Crippen LogP contribution in [0, 0.1) is 11.3 Å². The number of hydrogen-bond donors (Lipinski definition) is 1. The molecule has 0 amide bonds. The van der Waals surface area contributed by atoms with E-state index in [0.717, 1.165) is 30.6 Å². The van der Waals surface area contributed by atoms with Crippen molar-refractivity contribution >= 4 is 5.57 Å². The maximum Gasteiger partial charge on any atom is 0.0994 e. The molecule has 1 aliphatic heterocycles. The van der Waals surface area contributed by atoms with Crippen LogP contribution in [0.4, 0.5) is 0 Å². The highest BCUT2D eigenvalue weighted by atomic mass is 14.9. The van der Waals surface area contributed by atoms with Crippen LogP contribution in [0.3, 0.4) is 0 Å². The molecule has 1 fully saturated rings. The van der Waals surface area contributed by atoms with Crippen molar-refractivity contribution in [2.75, 3.05) is 13.1 Å². The molecule has 1 spiro atoms. The Balaban J connectivity index is 2.10. The van der Waals surface area contributed by atoms with Gasteiger partial charge in [0.15, 0.2) is 0 Å². The number of benzene rings is 1. The third-order valence-electron chi connectivity index (χ3n) is 4.40. The molecule has 1 unspecified atom stereocenters. The van der Waals surface area contributed by atoms with Gasteiger partial charge in [0.1, 0.15) is 0 Å². The van der Waals surface area contributed by atoms with Crippen LogP contribution in [0.1, 0.15) is 36.8 Å².